The van der Waals surface area contributed by atoms with E-state index >= 15 is 0 Å². The minimum Gasteiger partial charge on any atom is -0.503 e. The first-order valence-corrected chi connectivity index (χ1v) is 10.5. The van der Waals surface area contributed by atoms with E-state index in [0.29, 0.717) is 15.6 Å². The summed E-state index contributed by atoms with van der Waals surface area (Å²) in [5.41, 5.74) is 1.21. The molecule has 0 radical (unpaired) electrons. The van der Waals surface area contributed by atoms with Crippen LogP contribution in [-0.4, -0.2) is 44.1 Å². The number of carbonyl (C=O) groups excluding carboxylic acids is 2. The molecular weight excluding hydrogens is 525 g/mol. The Morgan fingerprint density at radius 3 is 2.63 bits per heavy atom. The maximum absolute atomic E-state index is 13.2. The monoisotopic (exact) mass is 537 g/mol. The van der Waals surface area contributed by atoms with Gasteiger partial charge in [-0.2, -0.15) is 0 Å². The minimum atomic E-state index is -1.75. The van der Waals surface area contributed by atoms with E-state index in [1.165, 1.54) is 7.11 Å². The summed E-state index contributed by atoms with van der Waals surface area (Å²) < 4.78 is 5.58. The summed E-state index contributed by atoms with van der Waals surface area (Å²) in [7, 11) is 1.41. The molecule has 1 saturated heterocycles. The largest absolute Gasteiger partial charge is 0.503 e. The smallest absolute Gasteiger partial charge is 0.254 e. The van der Waals surface area contributed by atoms with Gasteiger partial charge in [0.1, 0.15) is 0 Å². The van der Waals surface area contributed by atoms with E-state index in [2.05, 4.69) is 38.4 Å². The number of amides is 2. The summed E-state index contributed by atoms with van der Waals surface area (Å²) in [6.07, 6.45) is 3.45. The highest BCUT2D eigenvalue weighted by atomic mass is 79.9. The number of halogens is 4. The van der Waals surface area contributed by atoms with E-state index in [1.807, 2.05) is 0 Å². The number of fused-ring (bicyclic) bond motifs is 1. The van der Waals surface area contributed by atoms with Crippen LogP contribution < -0.4 is 4.74 Å². The molecule has 0 spiro atoms. The fraction of sp³-hybridized carbons (Fsp3) is 0.333. The van der Waals surface area contributed by atoms with Crippen molar-refractivity contribution in [3.63, 3.8) is 0 Å². The van der Waals surface area contributed by atoms with Crippen molar-refractivity contribution in [2.75, 3.05) is 12.6 Å². The predicted molar refractivity (Wildman–Crippen MR) is 111 cm³/mol. The number of imide groups is 1. The number of aromatic hydroxyl groups is 1. The van der Waals surface area contributed by atoms with Crippen LogP contribution in [0.1, 0.15) is 17.9 Å². The van der Waals surface area contributed by atoms with Crippen LogP contribution >= 0.6 is 55.1 Å². The molecule has 5 nitrogen and oxygen atoms in total. The van der Waals surface area contributed by atoms with Crippen LogP contribution in [0.5, 0.6) is 11.5 Å². The number of ether oxygens (including phenoxy) is 1. The average Bonchev–Trinajstić information content (AvgIpc) is 2.80. The number of hydrogen-bond acceptors (Lipinski definition) is 4. The molecule has 0 aromatic heterocycles. The number of nitrogens with zero attached hydrogens (tertiary/aromatic N) is 1. The maximum Gasteiger partial charge on any atom is 0.254 e. The highest BCUT2D eigenvalue weighted by Crippen LogP contribution is 2.59. The van der Waals surface area contributed by atoms with Gasteiger partial charge in [-0.25, -0.2) is 0 Å². The zero-order valence-corrected chi connectivity index (χ0v) is 18.8. The molecule has 1 heterocycles. The van der Waals surface area contributed by atoms with Crippen LogP contribution in [0.15, 0.2) is 40.9 Å². The van der Waals surface area contributed by atoms with Gasteiger partial charge in [0.05, 0.1) is 17.0 Å². The lowest BCUT2D eigenvalue weighted by Crippen LogP contribution is -2.54. The topological polar surface area (TPSA) is 66.8 Å². The Morgan fingerprint density at radius 2 is 2.07 bits per heavy atom. The van der Waals surface area contributed by atoms with Crippen LogP contribution in [0, 0.1) is 0 Å². The first kappa shape index (κ1) is 20.7. The van der Waals surface area contributed by atoms with Crippen molar-refractivity contribution in [2.24, 2.45) is 0 Å². The summed E-state index contributed by atoms with van der Waals surface area (Å²) >= 11 is 20.1. The van der Waals surface area contributed by atoms with Gasteiger partial charge < -0.3 is 9.84 Å². The van der Waals surface area contributed by atoms with Crippen molar-refractivity contribution in [3.8, 4) is 11.5 Å². The van der Waals surface area contributed by atoms with Crippen LogP contribution in [0.2, 0.25) is 0 Å². The van der Waals surface area contributed by atoms with Gasteiger partial charge >= 0.3 is 0 Å². The van der Waals surface area contributed by atoms with Gasteiger partial charge in [0, 0.05) is 5.92 Å². The zero-order chi connectivity index (χ0) is 20.1. The number of benzene rings is 1. The molecule has 0 bridgehead atoms. The molecule has 27 heavy (non-hydrogen) atoms. The number of likely N-dealkylation sites (tertiary alicyclic amines) is 1. The van der Waals surface area contributed by atoms with Gasteiger partial charge in [-0.05, 0) is 45.6 Å². The Hall–Kier alpha value is -1.02. The third kappa shape index (κ3) is 2.69. The van der Waals surface area contributed by atoms with Crippen molar-refractivity contribution in [3.05, 3.63) is 46.5 Å². The second-order valence-electron chi connectivity index (χ2n) is 6.27. The van der Waals surface area contributed by atoms with Crippen LogP contribution in [0.3, 0.4) is 0 Å². The fourth-order valence-electron chi connectivity index (χ4n) is 3.67. The number of rotatable bonds is 4. The lowest BCUT2D eigenvalue weighted by atomic mass is 9.68. The summed E-state index contributed by atoms with van der Waals surface area (Å²) in [5, 5.41) is 10.1. The average molecular weight is 540 g/mol. The van der Waals surface area contributed by atoms with Gasteiger partial charge in [-0.1, -0.05) is 34.7 Å². The second-order valence-corrected chi connectivity index (χ2v) is 8.87. The fourth-order valence-corrected chi connectivity index (χ4v) is 5.47. The molecule has 144 valence electrons. The van der Waals surface area contributed by atoms with Gasteiger partial charge in [0.25, 0.3) is 11.8 Å². The van der Waals surface area contributed by atoms with Gasteiger partial charge in [-0.3, -0.25) is 14.5 Å². The normalized spacial score (nSPS) is 30.2. The number of carbonyl (C=O) groups is 2. The maximum atomic E-state index is 13.2. The van der Waals surface area contributed by atoms with E-state index in [0.717, 1.165) is 4.90 Å². The molecule has 1 N–H and O–H groups in total. The molecule has 1 aromatic rings. The van der Waals surface area contributed by atoms with Crippen molar-refractivity contribution >= 4 is 66.9 Å². The molecule has 2 amide bonds. The van der Waals surface area contributed by atoms with Crippen LogP contribution in [0.25, 0.3) is 0 Å². The molecule has 1 aliphatic heterocycles. The van der Waals surface area contributed by atoms with Crippen molar-refractivity contribution in [1.29, 1.82) is 0 Å². The number of hydrogen-bond donors (Lipinski definition) is 1. The SMILES string of the molecule is C=CC1=CC[C@@]2(Cl)C(=O)N(CBr)C(=O)[C@@]2(Cl)[C@H]1c1cc(Br)c(O)c(OC)c1. The number of allylic oxidation sites excluding steroid dienone is 3. The highest BCUT2D eigenvalue weighted by molar-refractivity contribution is 9.10. The standard InChI is InChI=1S/C18H15Br2Cl2NO4/c1-3-9-4-5-17(21)15(25)23(8-19)16(26)18(17,22)13(9)10-6-11(20)14(24)12(7-10)27-2/h3-4,6-7,13,24H,1,5,8H2,2H3/t13-,17-,18+/m1/s1. The van der Waals surface area contributed by atoms with Crippen molar-refractivity contribution in [2.45, 2.75) is 22.1 Å². The third-order valence-electron chi connectivity index (χ3n) is 5.03. The summed E-state index contributed by atoms with van der Waals surface area (Å²) in [4.78, 5) is 23.7. The predicted octanol–water partition coefficient (Wildman–Crippen LogP) is 4.44. The molecule has 0 unspecified atom stereocenters. The van der Waals surface area contributed by atoms with E-state index in [9.17, 15) is 14.7 Å². The molecule has 2 aliphatic rings. The summed E-state index contributed by atoms with van der Waals surface area (Å²) in [6, 6.07) is 3.20. The van der Waals surface area contributed by atoms with Crippen molar-refractivity contribution < 1.29 is 19.4 Å². The first-order chi connectivity index (χ1) is 12.7. The summed E-state index contributed by atoms with van der Waals surface area (Å²) in [6.45, 7) is 3.81. The first-order valence-electron chi connectivity index (χ1n) is 7.86. The minimum absolute atomic E-state index is 0.00760. The molecular formula is C18H15Br2Cl2NO4. The Morgan fingerprint density at radius 1 is 1.41 bits per heavy atom. The molecule has 3 atom stereocenters. The third-order valence-corrected chi connectivity index (χ3v) is 7.55. The molecule has 9 heteroatoms. The van der Waals surface area contributed by atoms with Gasteiger partial charge in [0.15, 0.2) is 21.2 Å². The number of alkyl halides is 3. The Labute approximate surface area is 183 Å². The lowest BCUT2D eigenvalue weighted by molar-refractivity contribution is -0.138. The summed E-state index contributed by atoms with van der Waals surface area (Å²) in [5.74, 6) is -1.79. The zero-order valence-electron chi connectivity index (χ0n) is 14.1. The second kappa shape index (κ2) is 7.10. The molecule has 1 aliphatic carbocycles. The lowest BCUT2D eigenvalue weighted by Gasteiger charge is -2.42. The Kier molecular flexibility index (Phi) is 5.45. The molecule has 1 fully saturated rings. The van der Waals surface area contributed by atoms with E-state index in [-0.39, 0.29) is 23.4 Å². The molecule has 3 rings (SSSR count). The van der Waals surface area contributed by atoms with Crippen LogP contribution in [0.4, 0.5) is 0 Å². The molecule has 1 aromatic carbocycles. The van der Waals surface area contributed by atoms with Gasteiger partial charge in [-0.15, -0.1) is 23.2 Å². The van der Waals surface area contributed by atoms with E-state index in [4.69, 9.17) is 27.9 Å². The number of methoxy groups -OCH3 is 1. The van der Waals surface area contributed by atoms with Crippen molar-refractivity contribution in [1.82, 2.24) is 4.90 Å². The van der Waals surface area contributed by atoms with E-state index < -0.39 is 27.5 Å². The number of phenolic OH excluding ortho intramolecular Hbond substituents is 1. The molecule has 0 saturated carbocycles. The number of phenols is 1. The van der Waals surface area contributed by atoms with E-state index in [1.54, 1.807) is 24.3 Å². The van der Waals surface area contributed by atoms with Crippen LogP contribution in [-0.2, 0) is 9.59 Å². The van der Waals surface area contributed by atoms with Gasteiger partial charge in [0.2, 0.25) is 0 Å². The Bertz CT molecular complexity index is 890. The quantitative estimate of drug-likeness (QED) is 0.349. The highest BCUT2D eigenvalue weighted by Gasteiger charge is 2.72. The Balaban J connectivity index is 2.30.